The van der Waals surface area contributed by atoms with Gasteiger partial charge < -0.3 is 15.8 Å². The molecule has 0 bridgehead atoms. The highest BCUT2D eigenvalue weighted by molar-refractivity contribution is 6.05. The number of aliphatic imine (C=N–C) groups is 1. The van der Waals surface area contributed by atoms with Crippen LogP contribution in [0.1, 0.15) is 41.3 Å². The minimum atomic E-state index is -0.146. The zero-order chi connectivity index (χ0) is 17.6. The third-order valence-corrected chi connectivity index (χ3v) is 4.11. The van der Waals surface area contributed by atoms with Crippen LogP contribution in [0.5, 0.6) is 5.75 Å². The first kappa shape index (κ1) is 17.0. The van der Waals surface area contributed by atoms with Gasteiger partial charge in [-0.15, -0.1) is 0 Å². The largest absolute Gasteiger partial charge is 0.493 e. The number of carbonyl (C=O) groups is 1. The molecule has 25 heavy (non-hydrogen) atoms. The molecule has 2 aromatic carbocycles. The summed E-state index contributed by atoms with van der Waals surface area (Å²) in [6, 6.07) is 12.9. The second kappa shape index (κ2) is 7.83. The molecule has 3 rings (SSSR count). The average molecular weight is 337 g/mol. The number of carbonyl (C=O) groups excluding carboxylic acids is 1. The van der Waals surface area contributed by atoms with Crippen molar-refractivity contribution in [2.24, 2.45) is 10.7 Å². The van der Waals surface area contributed by atoms with Crippen LogP contribution in [0.3, 0.4) is 0 Å². The predicted molar refractivity (Wildman–Crippen MR) is 101 cm³/mol. The molecule has 5 nitrogen and oxygen atoms in total. The number of nitrogens with zero attached hydrogens (tertiary/aromatic N) is 1. The number of ether oxygens (including phenoxy) is 1. The summed E-state index contributed by atoms with van der Waals surface area (Å²) in [5, 5.41) is 2.94. The van der Waals surface area contributed by atoms with Crippen LogP contribution in [0.15, 0.2) is 47.5 Å². The Labute approximate surface area is 147 Å². The van der Waals surface area contributed by atoms with Crippen LogP contribution in [0.2, 0.25) is 0 Å². The Morgan fingerprint density at radius 1 is 1.20 bits per heavy atom. The standard InChI is InChI=1S/C20H23N3O2/c1-2-11-22-19(21)14-5-7-15(8-6-14)20(24)23-17-9-10-18-16(13-17)4-3-12-25-18/h5-10,13H,2-4,11-12H2,1H3,(H2,21,22)(H,23,24). The number of benzene rings is 2. The highest BCUT2D eigenvalue weighted by Gasteiger charge is 2.12. The van der Waals surface area contributed by atoms with Crippen LogP contribution in [0.25, 0.3) is 0 Å². The van der Waals surface area contributed by atoms with Crippen LogP contribution in [-0.4, -0.2) is 24.9 Å². The number of rotatable bonds is 5. The van der Waals surface area contributed by atoms with E-state index in [9.17, 15) is 4.79 Å². The summed E-state index contributed by atoms with van der Waals surface area (Å²) in [5.74, 6) is 1.27. The van der Waals surface area contributed by atoms with Gasteiger partial charge in [0.25, 0.3) is 5.91 Å². The zero-order valence-corrected chi connectivity index (χ0v) is 14.4. The Morgan fingerprint density at radius 2 is 1.96 bits per heavy atom. The molecule has 0 atom stereocenters. The zero-order valence-electron chi connectivity index (χ0n) is 14.4. The van der Waals surface area contributed by atoms with Gasteiger partial charge in [-0.05, 0) is 55.2 Å². The Morgan fingerprint density at radius 3 is 2.72 bits per heavy atom. The first-order valence-corrected chi connectivity index (χ1v) is 8.65. The summed E-state index contributed by atoms with van der Waals surface area (Å²) in [4.78, 5) is 16.7. The molecule has 0 saturated heterocycles. The molecule has 1 amide bonds. The highest BCUT2D eigenvalue weighted by atomic mass is 16.5. The van der Waals surface area contributed by atoms with Crippen molar-refractivity contribution in [3.05, 3.63) is 59.2 Å². The monoisotopic (exact) mass is 337 g/mol. The van der Waals surface area contributed by atoms with Crippen LogP contribution < -0.4 is 15.8 Å². The second-order valence-corrected chi connectivity index (χ2v) is 6.07. The second-order valence-electron chi connectivity index (χ2n) is 6.07. The minimum absolute atomic E-state index is 0.146. The van der Waals surface area contributed by atoms with Gasteiger partial charge in [0.15, 0.2) is 0 Å². The first-order chi connectivity index (χ1) is 12.2. The Kier molecular flexibility index (Phi) is 5.33. The van der Waals surface area contributed by atoms with Crippen LogP contribution in [0.4, 0.5) is 5.69 Å². The molecule has 3 N–H and O–H groups in total. The molecule has 0 saturated carbocycles. The third-order valence-electron chi connectivity index (χ3n) is 4.11. The molecule has 1 aliphatic heterocycles. The number of amides is 1. The fourth-order valence-electron chi connectivity index (χ4n) is 2.76. The van der Waals surface area contributed by atoms with E-state index in [1.807, 2.05) is 30.3 Å². The van der Waals surface area contributed by atoms with Crippen molar-refractivity contribution in [3.8, 4) is 5.75 Å². The molecule has 1 aliphatic rings. The SMILES string of the molecule is CCCN=C(N)c1ccc(C(=O)Nc2ccc3c(c2)CCCO3)cc1. The lowest BCUT2D eigenvalue weighted by Crippen LogP contribution is -2.16. The number of amidine groups is 1. The summed E-state index contributed by atoms with van der Waals surface area (Å²) in [6.07, 6.45) is 2.93. The molecule has 0 spiro atoms. The van der Waals surface area contributed by atoms with E-state index in [0.29, 0.717) is 17.9 Å². The number of aryl methyl sites for hydroxylation is 1. The third kappa shape index (κ3) is 4.18. The summed E-state index contributed by atoms with van der Waals surface area (Å²) in [7, 11) is 0. The lowest BCUT2D eigenvalue weighted by atomic mass is 10.1. The van der Waals surface area contributed by atoms with Crippen molar-refractivity contribution in [1.29, 1.82) is 0 Å². The predicted octanol–water partition coefficient (Wildman–Crippen LogP) is 3.38. The van der Waals surface area contributed by atoms with Gasteiger partial charge in [0, 0.05) is 23.4 Å². The lowest BCUT2D eigenvalue weighted by Gasteiger charge is -2.18. The molecule has 0 aliphatic carbocycles. The molecule has 0 unspecified atom stereocenters. The van der Waals surface area contributed by atoms with E-state index in [4.69, 9.17) is 10.5 Å². The average Bonchev–Trinajstić information content (AvgIpc) is 2.66. The summed E-state index contributed by atoms with van der Waals surface area (Å²) in [5.41, 5.74) is 9.27. The number of hydrogen-bond donors (Lipinski definition) is 2. The summed E-state index contributed by atoms with van der Waals surface area (Å²) in [6.45, 7) is 3.52. The van der Waals surface area contributed by atoms with Crippen molar-refractivity contribution >= 4 is 17.4 Å². The molecule has 0 aromatic heterocycles. The van der Waals surface area contributed by atoms with Crippen LogP contribution in [0, 0.1) is 0 Å². The van der Waals surface area contributed by atoms with Gasteiger partial charge >= 0.3 is 0 Å². The molecule has 0 fully saturated rings. The van der Waals surface area contributed by atoms with Crippen molar-refractivity contribution in [3.63, 3.8) is 0 Å². The Hall–Kier alpha value is -2.82. The van der Waals surface area contributed by atoms with Crippen LogP contribution in [-0.2, 0) is 6.42 Å². The molecule has 5 heteroatoms. The number of hydrogen-bond acceptors (Lipinski definition) is 3. The normalized spacial score (nSPS) is 13.7. The van der Waals surface area contributed by atoms with E-state index in [0.717, 1.165) is 48.4 Å². The quantitative estimate of drug-likeness (QED) is 0.648. The number of nitrogens with two attached hydrogens (primary N) is 1. The molecule has 1 heterocycles. The highest BCUT2D eigenvalue weighted by Crippen LogP contribution is 2.27. The van der Waals surface area contributed by atoms with E-state index in [1.165, 1.54) is 0 Å². The van der Waals surface area contributed by atoms with E-state index >= 15 is 0 Å². The van der Waals surface area contributed by atoms with E-state index in [-0.39, 0.29) is 5.91 Å². The summed E-state index contributed by atoms with van der Waals surface area (Å²) < 4.78 is 5.60. The fraction of sp³-hybridized carbons (Fsp3) is 0.300. The van der Waals surface area contributed by atoms with Gasteiger partial charge in [-0.1, -0.05) is 19.1 Å². The van der Waals surface area contributed by atoms with Crippen molar-refractivity contribution < 1.29 is 9.53 Å². The van der Waals surface area contributed by atoms with Gasteiger partial charge in [0.1, 0.15) is 11.6 Å². The van der Waals surface area contributed by atoms with Crippen LogP contribution >= 0.6 is 0 Å². The minimum Gasteiger partial charge on any atom is -0.493 e. The Balaban J connectivity index is 1.69. The molecule has 0 radical (unpaired) electrons. The number of fused-ring (bicyclic) bond motifs is 1. The molecule has 130 valence electrons. The molecular formula is C20H23N3O2. The van der Waals surface area contributed by atoms with Gasteiger partial charge in [-0.25, -0.2) is 0 Å². The van der Waals surface area contributed by atoms with E-state index in [1.54, 1.807) is 12.1 Å². The maximum absolute atomic E-state index is 12.4. The first-order valence-electron chi connectivity index (χ1n) is 8.65. The number of anilines is 1. The van der Waals surface area contributed by atoms with Crippen molar-refractivity contribution in [1.82, 2.24) is 0 Å². The fourth-order valence-corrected chi connectivity index (χ4v) is 2.76. The summed E-state index contributed by atoms with van der Waals surface area (Å²) >= 11 is 0. The lowest BCUT2D eigenvalue weighted by molar-refractivity contribution is 0.102. The van der Waals surface area contributed by atoms with Gasteiger partial charge in [-0.2, -0.15) is 0 Å². The number of nitrogens with one attached hydrogen (secondary N) is 1. The Bertz CT molecular complexity index is 782. The van der Waals surface area contributed by atoms with Crippen molar-refractivity contribution in [2.45, 2.75) is 26.2 Å². The van der Waals surface area contributed by atoms with Crippen molar-refractivity contribution in [2.75, 3.05) is 18.5 Å². The van der Waals surface area contributed by atoms with E-state index in [2.05, 4.69) is 17.2 Å². The van der Waals surface area contributed by atoms with Gasteiger partial charge in [0.05, 0.1) is 6.61 Å². The maximum Gasteiger partial charge on any atom is 0.255 e. The van der Waals surface area contributed by atoms with Gasteiger partial charge in [0.2, 0.25) is 0 Å². The van der Waals surface area contributed by atoms with E-state index < -0.39 is 0 Å². The maximum atomic E-state index is 12.4. The molecular weight excluding hydrogens is 314 g/mol. The smallest absolute Gasteiger partial charge is 0.255 e. The topological polar surface area (TPSA) is 76.7 Å². The van der Waals surface area contributed by atoms with Gasteiger partial charge in [-0.3, -0.25) is 9.79 Å². The molecule has 2 aromatic rings.